The number of hydrogen-bond donors (Lipinski definition) is 2. The topological polar surface area (TPSA) is 97.1 Å². The van der Waals surface area contributed by atoms with Gasteiger partial charge >= 0.3 is 12.1 Å². The Balaban J connectivity index is 2.90. The third-order valence-corrected chi connectivity index (χ3v) is 2.35. The van der Waals surface area contributed by atoms with E-state index in [-0.39, 0.29) is 4.68 Å². The quantitative estimate of drug-likeness (QED) is 0.760. The van der Waals surface area contributed by atoms with Crippen molar-refractivity contribution in [1.29, 1.82) is 0 Å². The van der Waals surface area contributed by atoms with Gasteiger partial charge in [0.15, 0.2) is 5.69 Å². The standard InChI is InChI=1S/C10H13F3N4O3/c1-2-3-4-14-6(18)5-17-8(10(11,12)13)7(9(19)20)15-16-17/h2-5H2,1H3,(H,14,18)(H,19,20). The van der Waals surface area contributed by atoms with Gasteiger partial charge in [-0.25, -0.2) is 9.48 Å². The molecule has 0 atom stereocenters. The minimum atomic E-state index is -4.96. The van der Waals surface area contributed by atoms with E-state index in [1.54, 1.807) is 0 Å². The predicted molar refractivity (Wildman–Crippen MR) is 59.9 cm³/mol. The van der Waals surface area contributed by atoms with Gasteiger partial charge in [0.1, 0.15) is 6.54 Å². The molecule has 112 valence electrons. The van der Waals surface area contributed by atoms with Gasteiger partial charge in [0.05, 0.1) is 0 Å². The Hall–Kier alpha value is -2.13. The normalized spacial score (nSPS) is 11.4. The van der Waals surface area contributed by atoms with Gasteiger partial charge in [0, 0.05) is 6.54 Å². The van der Waals surface area contributed by atoms with Crippen molar-refractivity contribution in [2.45, 2.75) is 32.5 Å². The van der Waals surface area contributed by atoms with Gasteiger partial charge in [-0.1, -0.05) is 18.6 Å². The predicted octanol–water partition coefficient (Wildman–Crippen LogP) is 0.911. The van der Waals surface area contributed by atoms with Crippen LogP contribution in [0.1, 0.15) is 35.9 Å². The van der Waals surface area contributed by atoms with Crippen molar-refractivity contribution >= 4 is 11.9 Å². The number of carbonyl (C=O) groups is 2. The van der Waals surface area contributed by atoms with Gasteiger partial charge in [-0.2, -0.15) is 13.2 Å². The van der Waals surface area contributed by atoms with Crippen molar-refractivity contribution in [1.82, 2.24) is 20.3 Å². The van der Waals surface area contributed by atoms with Crippen molar-refractivity contribution in [2.24, 2.45) is 0 Å². The lowest BCUT2D eigenvalue weighted by atomic mass is 10.3. The van der Waals surface area contributed by atoms with Gasteiger partial charge in [-0.05, 0) is 6.42 Å². The first kappa shape index (κ1) is 15.9. The van der Waals surface area contributed by atoms with Gasteiger partial charge in [0.2, 0.25) is 11.6 Å². The zero-order chi connectivity index (χ0) is 15.3. The molecular formula is C10H13F3N4O3. The van der Waals surface area contributed by atoms with Crippen LogP contribution in [0.2, 0.25) is 0 Å². The van der Waals surface area contributed by atoms with E-state index >= 15 is 0 Å². The van der Waals surface area contributed by atoms with E-state index in [2.05, 4.69) is 15.6 Å². The summed E-state index contributed by atoms with van der Waals surface area (Å²) in [5.41, 5.74) is -2.77. The molecule has 0 saturated carbocycles. The molecule has 0 saturated heterocycles. The van der Waals surface area contributed by atoms with E-state index in [1.165, 1.54) is 0 Å². The van der Waals surface area contributed by atoms with Crippen LogP contribution < -0.4 is 5.32 Å². The SMILES string of the molecule is CCCCNC(=O)Cn1nnc(C(=O)O)c1C(F)(F)F. The molecule has 20 heavy (non-hydrogen) atoms. The van der Waals surface area contributed by atoms with Crippen LogP contribution in [0.5, 0.6) is 0 Å². The monoisotopic (exact) mass is 294 g/mol. The lowest BCUT2D eigenvalue weighted by Crippen LogP contribution is -2.30. The molecule has 0 bridgehead atoms. The number of aromatic carboxylic acids is 1. The smallest absolute Gasteiger partial charge is 0.435 e. The number of alkyl halides is 3. The number of rotatable bonds is 6. The van der Waals surface area contributed by atoms with Crippen LogP contribution in [0.15, 0.2) is 0 Å². The van der Waals surface area contributed by atoms with Crippen molar-refractivity contribution in [3.8, 4) is 0 Å². The highest BCUT2D eigenvalue weighted by atomic mass is 19.4. The summed E-state index contributed by atoms with van der Waals surface area (Å²) in [5, 5.41) is 17.1. The summed E-state index contributed by atoms with van der Waals surface area (Å²) in [4.78, 5) is 22.1. The second-order valence-electron chi connectivity index (χ2n) is 3.95. The van der Waals surface area contributed by atoms with E-state index in [0.29, 0.717) is 13.0 Å². The number of carboxylic acids is 1. The molecule has 0 spiro atoms. The fraction of sp³-hybridized carbons (Fsp3) is 0.600. The Morgan fingerprint density at radius 1 is 1.40 bits per heavy atom. The molecule has 1 aromatic rings. The zero-order valence-corrected chi connectivity index (χ0v) is 10.6. The molecule has 0 unspecified atom stereocenters. The molecule has 7 nitrogen and oxygen atoms in total. The van der Waals surface area contributed by atoms with Crippen LogP contribution in [-0.2, 0) is 17.5 Å². The van der Waals surface area contributed by atoms with Crippen molar-refractivity contribution in [3.05, 3.63) is 11.4 Å². The Morgan fingerprint density at radius 2 is 2.05 bits per heavy atom. The maximum absolute atomic E-state index is 12.8. The number of unbranched alkanes of at least 4 members (excludes halogenated alkanes) is 1. The summed E-state index contributed by atoms with van der Waals surface area (Å²) in [6.45, 7) is 1.49. The fourth-order valence-corrected chi connectivity index (χ4v) is 1.44. The lowest BCUT2D eigenvalue weighted by Gasteiger charge is -2.10. The second-order valence-corrected chi connectivity index (χ2v) is 3.95. The summed E-state index contributed by atoms with van der Waals surface area (Å²) in [5.74, 6) is -2.54. The molecule has 0 aliphatic carbocycles. The number of hydrogen-bond acceptors (Lipinski definition) is 4. The van der Waals surface area contributed by atoms with Crippen LogP contribution in [-0.4, -0.2) is 38.5 Å². The van der Waals surface area contributed by atoms with E-state index in [0.717, 1.165) is 6.42 Å². The summed E-state index contributed by atoms with van der Waals surface area (Å²) >= 11 is 0. The summed E-state index contributed by atoms with van der Waals surface area (Å²) < 4.78 is 38.5. The van der Waals surface area contributed by atoms with Gasteiger partial charge in [-0.3, -0.25) is 4.79 Å². The van der Waals surface area contributed by atoms with E-state index < -0.39 is 36.0 Å². The molecule has 0 aliphatic heterocycles. The van der Waals surface area contributed by atoms with Crippen LogP contribution in [0.25, 0.3) is 0 Å². The van der Waals surface area contributed by atoms with Gasteiger partial charge in [0.25, 0.3) is 0 Å². The van der Waals surface area contributed by atoms with E-state index in [1.807, 2.05) is 6.92 Å². The highest BCUT2D eigenvalue weighted by Gasteiger charge is 2.41. The average Bonchev–Trinajstić information content (AvgIpc) is 2.72. The molecule has 0 aromatic carbocycles. The van der Waals surface area contributed by atoms with Crippen molar-refractivity contribution in [2.75, 3.05) is 6.54 Å². The highest BCUT2D eigenvalue weighted by molar-refractivity contribution is 5.87. The number of halogens is 3. The second kappa shape index (κ2) is 6.35. The molecule has 10 heteroatoms. The molecule has 1 amide bonds. The third kappa shape index (κ3) is 3.93. The van der Waals surface area contributed by atoms with E-state index in [9.17, 15) is 22.8 Å². The zero-order valence-electron chi connectivity index (χ0n) is 10.6. The molecule has 1 heterocycles. The number of aromatic nitrogens is 3. The Morgan fingerprint density at radius 3 is 2.55 bits per heavy atom. The van der Waals surface area contributed by atoms with Crippen molar-refractivity contribution in [3.63, 3.8) is 0 Å². The Kier molecular flexibility index (Phi) is 5.06. The molecule has 2 N–H and O–H groups in total. The van der Waals surface area contributed by atoms with Crippen LogP contribution in [0, 0.1) is 0 Å². The molecule has 1 aromatic heterocycles. The minimum Gasteiger partial charge on any atom is -0.476 e. The fourth-order valence-electron chi connectivity index (χ4n) is 1.44. The first-order valence-corrected chi connectivity index (χ1v) is 5.78. The number of carbonyl (C=O) groups excluding carboxylic acids is 1. The van der Waals surface area contributed by atoms with Gasteiger partial charge < -0.3 is 10.4 Å². The maximum Gasteiger partial charge on any atom is 0.435 e. The number of amides is 1. The van der Waals surface area contributed by atoms with Crippen LogP contribution in [0.4, 0.5) is 13.2 Å². The summed E-state index contributed by atoms with van der Waals surface area (Å²) in [7, 11) is 0. The minimum absolute atomic E-state index is 0.241. The molecule has 0 radical (unpaired) electrons. The average molecular weight is 294 g/mol. The highest BCUT2D eigenvalue weighted by Crippen LogP contribution is 2.30. The van der Waals surface area contributed by atoms with Crippen LogP contribution in [0.3, 0.4) is 0 Å². The first-order chi connectivity index (χ1) is 9.27. The number of nitrogens with one attached hydrogen (secondary N) is 1. The molecular weight excluding hydrogens is 281 g/mol. The number of nitrogens with zero attached hydrogens (tertiary/aromatic N) is 3. The van der Waals surface area contributed by atoms with Crippen LogP contribution >= 0.6 is 0 Å². The number of carboxylic acid groups (broad SMARTS) is 1. The molecule has 0 aliphatic rings. The third-order valence-electron chi connectivity index (χ3n) is 2.35. The van der Waals surface area contributed by atoms with Gasteiger partial charge in [-0.15, -0.1) is 5.10 Å². The summed E-state index contributed by atoms with van der Waals surface area (Å²) in [6.07, 6.45) is -3.45. The van der Waals surface area contributed by atoms with Crippen molar-refractivity contribution < 1.29 is 27.9 Å². The largest absolute Gasteiger partial charge is 0.476 e. The first-order valence-electron chi connectivity index (χ1n) is 5.78. The summed E-state index contributed by atoms with van der Waals surface area (Å²) in [6, 6.07) is 0. The van der Waals surface area contributed by atoms with E-state index in [4.69, 9.17) is 5.11 Å². The molecule has 0 fully saturated rings. The Labute approximate surface area is 111 Å². The lowest BCUT2D eigenvalue weighted by molar-refractivity contribution is -0.145. The Bertz CT molecular complexity index is 498. The molecule has 1 rings (SSSR count). The maximum atomic E-state index is 12.8.